The van der Waals surface area contributed by atoms with Crippen LogP contribution in [0.1, 0.15) is 11.3 Å². The molecule has 2 aromatic heterocycles. The van der Waals surface area contributed by atoms with E-state index in [1.54, 1.807) is 6.20 Å². The molecule has 0 radical (unpaired) electrons. The minimum atomic E-state index is -0.979. The van der Waals surface area contributed by atoms with Gasteiger partial charge in [-0.2, -0.15) is 0 Å². The maximum absolute atomic E-state index is 13.1. The Bertz CT molecular complexity index is 867. The Morgan fingerprint density at radius 3 is 2.92 bits per heavy atom. The van der Waals surface area contributed by atoms with Crippen molar-refractivity contribution in [1.82, 2.24) is 14.7 Å². The fourth-order valence-corrected chi connectivity index (χ4v) is 2.52. The van der Waals surface area contributed by atoms with Gasteiger partial charge < -0.3 is 19.6 Å². The summed E-state index contributed by atoms with van der Waals surface area (Å²) in [7, 11) is 0. The first-order chi connectivity index (χ1) is 12.0. The van der Waals surface area contributed by atoms with Gasteiger partial charge in [0.1, 0.15) is 24.1 Å². The first kappa shape index (κ1) is 17.3. The van der Waals surface area contributed by atoms with Gasteiger partial charge in [0.25, 0.3) is 0 Å². The zero-order chi connectivity index (χ0) is 17.8. The van der Waals surface area contributed by atoms with Crippen molar-refractivity contribution in [2.24, 2.45) is 0 Å². The summed E-state index contributed by atoms with van der Waals surface area (Å²) in [6, 6.07) is 7.22. The molecule has 5 nitrogen and oxygen atoms in total. The topological polar surface area (TPSA) is 58.8 Å². The van der Waals surface area contributed by atoms with E-state index in [1.165, 1.54) is 6.07 Å². The summed E-state index contributed by atoms with van der Waals surface area (Å²) in [5.74, 6) is -1.74. The van der Waals surface area contributed by atoms with Crippen LogP contribution in [-0.4, -0.2) is 33.7 Å². The van der Waals surface area contributed by atoms with E-state index in [-0.39, 0.29) is 12.4 Å². The van der Waals surface area contributed by atoms with Crippen molar-refractivity contribution in [2.45, 2.75) is 19.6 Å². The summed E-state index contributed by atoms with van der Waals surface area (Å²) in [6.07, 6.45) is 2.95. The molecule has 3 aromatic rings. The van der Waals surface area contributed by atoms with Crippen LogP contribution in [0.2, 0.25) is 0 Å². The highest BCUT2D eigenvalue weighted by atomic mass is 19.2. The number of hydrogen-bond acceptors (Lipinski definition) is 4. The van der Waals surface area contributed by atoms with E-state index in [9.17, 15) is 13.9 Å². The number of hydrogen-bond donors (Lipinski definition) is 2. The molecule has 25 heavy (non-hydrogen) atoms. The third-order valence-corrected chi connectivity index (χ3v) is 3.83. The zero-order valence-corrected chi connectivity index (χ0v) is 13.7. The molecule has 1 atom stereocenters. The Morgan fingerprint density at radius 1 is 1.28 bits per heavy atom. The molecule has 132 valence electrons. The number of pyridine rings is 1. The molecule has 0 saturated carbocycles. The summed E-state index contributed by atoms with van der Waals surface area (Å²) in [4.78, 5) is 4.38. The fraction of sp³-hybridized carbons (Fsp3) is 0.278. The number of rotatable bonds is 7. The SMILES string of the molecule is Cc1cccn2c(CNCC(O)COc3ccc(F)c(F)c3)cnc12. The van der Waals surface area contributed by atoms with E-state index in [1.807, 2.05) is 29.7 Å². The van der Waals surface area contributed by atoms with Crippen molar-refractivity contribution in [2.75, 3.05) is 13.2 Å². The predicted molar refractivity (Wildman–Crippen MR) is 89.5 cm³/mol. The van der Waals surface area contributed by atoms with Gasteiger partial charge in [-0.3, -0.25) is 0 Å². The molecule has 0 saturated heterocycles. The number of aliphatic hydroxyl groups excluding tert-OH is 1. The average Bonchev–Trinajstić information content (AvgIpc) is 3.01. The zero-order valence-electron chi connectivity index (χ0n) is 13.7. The van der Waals surface area contributed by atoms with Gasteiger partial charge in [0.05, 0.1) is 11.9 Å². The third kappa shape index (κ3) is 4.12. The number of aliphatic hydroxyl groups is 1. The lowest BCUT2D eigenvalue weighted by Gasteiger charge is -2.13. The van der Waals surface area contributed by atoms with Crippen LogP contribution in [0.3, 0.4) is 0 Å². The van der Waals surface area contributed by atoms with Gasteiger partial charge >= 0.3 is 0 Å². The highest BCUT2D eigenvalue weighted by Crippen LogP contribution is 2.15. The minimum Gasteiger partial charge on any atom is -0.491 e. The second-order valence-corrected chi connectivity index (χ2v) is 5.81. The second-order valence-electron chi connectivity index (χ2n) is 5.81. The Kier molecular flexibility index (Phi) is 5.25. The molecule has 2 heterocycles. The van der Waals surface area contributed by atoms with Crippen LogP contribution in [0.4, 0.5) is 8.78 Å². The quantitative estimate of drug-likeness (QED) is 0.689. The van der Waals surface area contributed by atoms with Crippen molar-refractivity contribution in [3.8, 4) is 5.75 Å². The molecule has 0 aliphatic carbocycles. The van der Waals surface area contributed by atoms with E-state index >= 15 is 0 Å². The highest BCUT2D eigenvalue weighted by molar-refractivity contribution is 5.48. The van der Waals surface area contributed by atoms with E-state index in [4.69, 9.17) is 4.74 Å². The van der Waals surface area contributed by atoms with Gasteiger partial charge in [-0.25, -0.2) is 13.8 Å². The van der Waals surface area contributed by atoms with Crippen LogP contribution >= 0.6 is 0 Å². The van der Waals surface area contributed by atoms with Crippen LogP contribution in [-0.2, 0) is 6.54 Å². The second kappa shape index (κ2) is 7.58. The molecule has 1 unspecified atom stereocenters. The molecule has 0 aliphatic rings. The number of ether oxygens (including phenoxy) is 1. The van der Waals surface area contributed by atoms with Crippen LogP contribution in [0.15, 0.2) is 42.7 Å². The number of aryl methyl sites for hydroxylation is 1. The molecular weight excluding hydrogens is 328 g/mol. The van der Waals surface area contributed by atoms with Gasteiger partial charge in [0, 0.05) is 25.4 Å². The molecule has 1 aromatic carbocycles. The normalized spacial score (nSPS) is 12.5. The molecule has 0 spiro atoms. The molecule has 0 bridgehead atoms. The monoisotopic (exact) mass is 347 g/mol. The Morgan fingerprint density at radius 2 is 2.12 bits per heavy atom. The number of nitrogens with zero attached hydrogens (tertiary/aromatic N) is 2. The number of nitrogens with one attached hydrogen (secondary N) is 1. The lowest BCUT2D eigenvalue weighted by molar-refractivity contribution is 0.106. The third-order valence-electron chi connectivity index (χ3n) is 3.83. The molecule has 0 amide bonds. The van der Waals surface area contributed by atoms with Crippen molar-refractivity contribution < 1.29 is 18.6 Å². The first-order valence-electron chi connectivity index (χ1n) is 7.93. The number of fused-ring (bicyclic) bond motifs is 1. The number of benzene rings is 1. The Balaban J connectivity index is 1.48. The van der Waals surface area contributed by atoms with Crippen molar-refractivity contribution in [1.29, 1.82) is 0 Å². The van der Waals surface area contributed by atoms with Crippen molar-refractivity contribution >= 4 is 5.65 Å². The van der Waals surface area contributed by atoms with E-state index in [2.05, 4.69) is 10.3 Å². The number of imidazole rings is 1. The number of aromatic nitrogens is 2. The molecule has 2 N–H and O–H groups in total. The van der Waals surface area contributed by atoms with Crippen LogP contribution in [0.25, 0.3) is 5.65 Å². The van der Waals surface area contributed by atoms with Gasteiger partial charge in [0.2, 0.25) is 0 Å². The fourth-order valence-electron chi connectivity index (χ4n) is 2.52. The van der Waals surface area contributed by atoms with E-state index < -0.39 is 17.7 Å². The van der Waals surface area contributed by atoms with Crippen LogP contribution in [0.5, 0.6) is 5.75 Å². The lowest BCUT2D eigenvalue weighted by atomic mass is 10.3. The van der Waals surface area contributed by atoms with Crippen molar-refractivity contribution in [3.63, 3.8) is 0 Å². The Labute approximate surface area is 143 Å². The summed E-state index contributed by atoms with van der Waals surface area (Å²) in [5.41, 5.74) is 2.97. The van der Waals surface area contributed by atoms with Crippen LogP contribution in [0, 0.1) is 18.6 Å². The first-order valence-corrected chi connectivity index (χ1v) is 7.93. The summed E-state index contributed by atoms with van der Waals surface area (Å²) in [5, 5.41) is 13.1. The van der Waals surface area contributed by atoms with Gasteiger partial charge in [-0.05, 0) is 30.7 Å². The number of halogens is 2. The van der Waals surface area contributed by atoms with Gasteiger partial charge in [-0.15, -0.1) is 0 Å². The molecule has 0 aliphatic heterocycles. The molecule has 3 rings (SSSR count). The molecule has 0 fully saturated rings. The standard InChI is InChI=1S/C18H19F2N3O2/c1-12-3-2-6-23-13(9-22-18(12)23)8-21-10-14(24)11-25-15-4-5-16(19)17(20)7-15/h2-7,9,14,21,24H,8,10-11H2,1H3. The average molecular weight is 347 g/mol. The lowest BCUT2D eigenvalue weighted by Crippen LogP contribution is -2.31. The summed E-state index contributed by atoms with van der Waals surface area (Å²) < 4.78 is 33.2. The highest BCUT2D eigenvalue weighted by Gasteiger charge is 2.09. The Hall–Kier alpha value is -2.51. The smallest absolute Gasteiger partial charge is 0.162 e. The van der Waals surface area contributed by atoms with Crippen molar-refractivity contribution in [3.05, 3.63) is 65.6 Å². The summed E-state index contributed by atoms with van der Waals surface area (Å²) in [6.45, 7) is 2.80. The van der Waals surface area contributed by atoms with Crippen LogP contribution < -0.4 is 10.1 Å². The van der Waals surface area contributed by atoms with E-state index in [0.717, 1.165) is 29.0 Å². The van der Waals surface area contributed by atoms with Gasteiger partial charge in [0.15, 0.2) is 11.6 Å². The van der Waals surface area contributed by atoms with E-state index in [0.29, 0.717) is 13.1 Å². The largest absolute Gasteiger partial charge is 0.491 e. The summed E-state index contributed by atoms with van der Waals surface area (Å²) >= 11 is 0. The molecule has 7 heteroatoms. The maximum atomic E-state index is 13.1. The predicted octanol–water partition coefficient (Wildman–Crippen LogP) is 2.45. The minimum absolute atomic E-state index is 0.0235. The van der Waals surface area contributed by atoms with Gasteiger partial charge in [-0.1, -0.05) is 6.07 Å². The maximum Gasteiger partial charge on any atom is 0.162 e. The molecular formula is C18H19F2N3O2.